The average Bonchev–Trinajstić information content (AvgIpc) is 2.70. The number of aromatic nitrogens is 2. The van der Waals surface area contributed by atoms with Crippen LogP contribution in [0.4, 0.5) is 0 Å². The first kappa shape index (κ1) is 12.9. The molecule has 1 aromatic rings. The Labute approximate surface area is 101 Å². The van der Waals surface area contributed by atoms with Crippen LogP contribution < -0.4 is 10.6 Å². The van der Waals surface area contributed by atoms with Gasteiger partial charge in [0.25, 0.3) is 0 Å². The molecule has 1 rings (SSSR count). The summed E-state index contributed by atoms with van der Waals surface area (Å²) < 4.78 is 5.00. The van der Waals surface area contributed by atoms with E-state index in [1.807, 2.05) is 13.1 Å². The van der Waals surface area contributed by atoms with Crippen molar-refractivity contribution < 1.29 is 4.74 Å². The molecule has 0 saturated carbocycles. The molecule has 1 atom stereocenters. The number of hydrogen-bond donors (Lipinski definition) is 3. The van der Waals surface area contributed by atoms with Crippen molar-refractivity contribution in [1.82, 2.24) is 20.6 Å². The minimum absolute atomic E-state index is 0.216. The standard InChI is InChI=1S/C10H18N4OS/c1-8(7-15-2)14-10(16)13-4-3-9-11-5-6-12-9/h5-6,8H,3-4,7H2,1-2H3,(H,11,12)(H2,13,14,16). The molecule has 6 heteroatoms. The van der Waals surface area contributed by atoms with Crippen molar-refractivity contribution in [3.63, 3.8) is 0 Å². The zero-order valence-corrected chi connectivity index (χ0v) is 10.4. The Hall–Kier alpha value is -1.14. The molecule has 0 spiro atoms. The smallest absolute Gasteiger partial charge is 0.166 e. The lowest BCUT2D eigenvalue weighted by Gasteiger charge is -2.15. The highest BCUT2D eigenvalue weighted by Crippen LogP contribution is 1.88. The number of hydrogen-bond acceptors (Lipinski definition) is 3. The first-order valence-corrected chi connectivity index (χ1v) is 5.64. The van der Waals surface area contributed by atoms with Crippen LogP contribution in [0.15, 0.2) is 12.4 Å². The SMILES string of the molecule is COCC(C)NC(=S)NCCc1ncc[nH]1. The van der Waals surface area contributed by atoms with Crippen molar-refractivity contribution in [2.24, 2.45) is 0 Å². The highest BCUT2D eigenvalue weighted by molar-refractivity contribution is 7.80. The summed E-state index contributed by atoms with van der Waals surface area (Å²) in [5, 5.41) is 6.89. The van der Waals surface area contributed by atoms with Crippen LogP contribution in [0.1, 0.15) is 12.7 Å². The van der Waals surface area contributed by atoms with Gasteiger partial charge in [-0.05, 0) is 19.1 Å². The third-order valence-corrected chi connectivity index (χ3v) is 2.26. The molecule has 0 radical (unpaired) electrons. The average molecular weight is 242 g/mol. The van der Waals surface area contributed by atoms with E-state index in [0.29, 0.717) is 11.7 Å². The first-order valence-electron chi connectivity index (χ1n) is 5.24. The third kappa shape index (κ3) is 5.09. The molecule has 90 valence electrons. The predicted molar refractivity (Wildman–Crippen MR) is 67.4 cm³/mol. The van der Waals surface area contributed by atoms with Crippen LogP contribution >= 0.6 is 12.2 Å². The molecule has 0 aromatic carbocycles. The molecule has 0 bridgehead atoms. The summed E-state index contributed by atoms with van der Waals surface area (Å²) in [5.74, 6) is 0.959. The third-order valence-electron chi connectivity index (χ3n) is 2.00. The summed E-state index contributed by atoms with van der Waals surface area (Å²) in [7, 11) is 1.67. The fourth-order valence-corrected chi connectivity index (χ4v) is 1.60. The van der Waals surface area contributed by atoms with Gasteiger partial charge in [0.1, 0.15) is 5.82 Å². The maximum Gasteiger partial charge on any atom is 0.166 e. The second-order valence-electron chi connectivity index (χ2n) is 3.54. The van der Waals surface area contributed by atoms with Gasteiger partial charge in [-0.3, -0.25) is 0 Å². The molecule has 0 saturated heterocycles. The number of thiocarbonyl (C=S) groups is 1. The largest absolute Gasteiger partial charge is 0.383 e. The summed E-state index contributed by atoms with van der Waals surface area (Å²) in [6, 6.07) is 0.216. The molecule has 1 unspecified atom stereocenters. The Morgan fingerprint density at radius 2 is 2.50 bits per heavy atom. The summed E-state index contributed by atoms with van der Waals surface area (Å²) in [6.45, 7) is 3.42. The van der Waals surface area contributed by atoms with Gasteiger partial charge in [-0.1, -0.05) is 0 Å². The molecule has 3 N–H and O–H groups in total. The second-order valence-corrected chi connectivity index (χ2v) is 3.95. The second kappa shape index (κ2) is 7.19. The van der Waals surface area contributed by atoms with E-state index in [1.54, 1.807) is 13.3 Å². The van der Waals surface area contributed by atoms with E-state index < -0.39 is 0 Å². The van der Waals surface area contributed by atoms with Gasteiger partial charge in [0.05, 0.1) is 6.61 Å². The highest BCUT2D eigenvalue weighted by atomic mass is 32.1. The number of aromatic amines is 1. The number of methoxy groups -OCH3 is 1. The number of ether oxygens (including phenoxy) is 1. The molecule has 5 nitrogen and oxygen atoms in total. The maximum absolute atomic E-state index is 5.13. The van der Waals surface area contributed by atoms with Crippen LogP contribution in [0.5, 0.6) is 0 Å². The molecule has 0 aliphatic heterocycles. The van der Waals surface area contributed by atoms with E-state index >= 15 is 0 Å². The number of H-pyrrole nitrogens is 1. The van der Waals surface area contributed by atoms with Crippen LogP contribution in [0.3, 0.4) is 0 Å². The molecule has 1 aromatic heterocycles. The van der Waals surface area contributed by atoms with Gasteiger partial charge in [0.15, 0.2) is 5.11 Å². The first-order chi connectivity index (χ1) is 7.72. The van der Waals surface area contributed by atoms with Gasteiger partial charge in [-0.15, -0.1) is 0 Å². The van der Waals surface area contributed by atoms with E-state index in [0.717, 1.165) is 18.8 Å². The molecule has 0 aliphatic rings. The predicted octanol–water partition coefficient (Wildman–Crippen LogP) is 0.451. The van der Waals surface area contributed by atoms with E-state index in [4.69, 9.17) is 17.0 Å². The minimum Gasteiger partial charge on any atom is -0.383 e. The van der Waals surface area contributed by atoms with Crippen molar-refractivity contribution in [2.75, 3.05) is 20.3 Å². The number of nitrogens with one attached hydrogen (secondary N) is 3. The van der Waals surface area contributed by atoms with E-state index in [2.05, 4.69) is 20.6 Å². The Balaban J connectivity index is 2.10. The quantitative estimate of drug-likeness (QED) is 0.632. The Kier molecular flexibility index (Phi) is 5.81. The van der Waals surface area contributed by atoms with Gasteiger partial charge < -0.3 is 20.4 Å². The number of rotatable bonds is 6. The van der Waals surface area contributed by atoms with Gasteiger partial charge in [-0.2, -0.15) is 0 Å². The molecular formula is C10H18N4OS. The summed E-state index contributed by atoms with van der Waals surface area (Å²) in [4.78, 5) is 7.16. The summed E-state index contributed by atoms with van der Waals surface area (Å²) in [5.41, 5.74) is 0. The normalized spacial score (nSPS) is 12.1. The summed E-state index contributed by atoms with van der Waals surface area (Å²) >= 11 is 5.13. The summed E-state index contributed by atoms with van der Waals surface area (Å²) in [6.07, 6.45) is 4.38. The molecule has 16 heavy (non-hydrogen) atoms. The van der Waals surface area contributed by atoms with Gasteiger partial charge >= 0.3 is 0 Å². The minimum atomic E-state index is 0.216. The van der Waals surface area contributed by atoms with Crippen molar-refractivity contribution in [2.45, 2.75) is 19.4 Å². The van der Waals surface area contributed by atoms with Crippen LogP contribution in [-0.4, -0.2) is 41.4 Å². The van der Waals surface area contributed by atoms with Gasteiger partial charge in [-0.25, -0.2) is 4.98 Å². The maximum atomic E-state index is 5.13. The Morgan fingerprint density at radius 1 is 1.69 bits per heavy atom. The van der Waals surface area contributed by atoms with Gasteiger partial charge in [0.2, 0.25) is 0 Å². The van der Waals surface area contributed by atoms with Crippen molar-refractivity contribution in [1.29, 1.82) is 0 Å². The fourth-order valence-electron chi connectivity index (χ4n) is 1.30. The zero-order valence-electron chi connectivity index (χ0n) is 9.62. The Bertz CT molecular complexity index is 302. The molecule has 1 heterocycles. The molecule has 0 amide bonds. The lowest BCUT2D eigenvalue weighted by Crippen LogP contribution is -2.43. The van der Waals surface area contributed by atoms with Crippen molar-refractivity contribution >= 4 is 17.3 Å². The zero-order chi connectivity index (χ0) is 11.8. The van der Waals surface area contributed by atoms with Crippen LogP contribution in [-0.2, 0) is 11.2 Å². The number of nitrogens with zero attached hydrogens (tertiary/aromatic N) is 1. The van der Waals surface area contributed by atoms with E-state index in [9.17, 15) is 0 Å². The topological polar surface area (TPSA) is 62.0 Å². The monoisotopic (exact) mass is 242 g/mol. The number of imidazole rings is 1. The van der Waals surface area contributed by atoms with Crippen molar-refractivity contribution in [3.05, 3.63) is 18.2 Å². The van der Waals surface area contributed by atoms with Crippen LogP contribution in [0.25, 0.3) is 0 Å². The van der Waals surface area contributed by atoms with Crippen LogP contribution in [0.2, 0.25) is 0 Å². The van der Waals surface area contributed by atoms with E-state index in [1.165, 1.54) is 0 Å². The lowest BCUT2D eigenvalue weighted by atomic mass is 10.4. The van der Waals surface area contributed by atoms with Gasteiger partial charge in [0, 0.05) is 38.5 Å². The molecule has 0 fully saturated rings. The lowest BCUT2D eigenvalue weighted by molar-refractivity contribution is 0.179. The highest BCUT2D eigenvalue weighted by Gasteiger charge is 2.02. The molecule has 0 aliphatic carbocycles. The molecular weight excluding hydrogens is 224 g/mol. The van der Waals surface area contributed by atoms with Crippen LogP contribution in [0, 0.1) is 0 Å². The fraction of sp³-hybridized carbons (Fsp3) is 0.600. The van der Waals surface area contributed by atoms with Crippen molar-refractivity contribution in [3.8, 4) is 0 Å². The Morgan fingerprint density at radius 3 is 3.12 bits per heavy atom. The van der Waals surface area contributed by atoms with E-state index in [-0.39, 0.29) is 6.04 Å².